The Morgan fingerprint density at radius 2 is 2.38 bits per heavy atom. The Labute approximate surface area is 96.1 Å². The summed E-state index contributed by atoms with van der Waals surface area (Å²) in [6, 6.07) is -0.0738. The van der Waals surface area contributed by atoms with Gasteiger partial charge in [0.2, 0.25) is 5.91 Å². The van der Waals surface area contributed by atoms with Gasteiger partial charge in [-0.1, -0.05) is 0 Å². The maximum Gasteiger partial charge on any atom is 0.239 e. The Hall–Kier alpha value is -0.650. The Morgan fingerprint density at radius 1 is 1.56 bits per heavy atom. The summed E-state index contributed by atoms with van der Waals surface area (Å²) in [5, 5.41) is 3.21. The first kappa shape index (κ1) is 11.8. The van der Waals surface area contributed by atoms with Gasteiger partial charge >= 0.3 is 0 Å². The van der Waals surface area contributed by atoms with E-state index in [0.717, 1.165) is 13.0 Å². The molecule has 2 rings (SSSR count). The minimum absolute atomic E-state index is 0.0738. The summed E-state index contributed by atoms with van der Waals surface area (Å²) >= 11 is 0. The predicted octanol–water partition coefficient (Wildman–Crippen LogP) is -0.389. The second-order valence-electron chi connectivity index (χ2n) is 4.52. The number of ether oxygens (including phenoxy) is 2. The quantitative estimate of drug-likeness (QED) is 0.699. The van der Waals surface area contributed by atoms with Crippen molar-refractivity contribution in [3.8, 4) is 0 Å². The Balaban J connectivity index is 1.87. The van der Waals surface area contributed by atoms with E-state index in [1.807, 2.05) is 11.8 Å². The number of amides is 1. The molecule has 0 radical (unpaired) electrons. The van der Waals surface area contributed by atoms with Crippen molar-refractivity contribution in [3.63, 3.8) is 0 Å². The first-order chi connectivity index (χ1) is 7.70. The van der Waals surface area contributed by atoms with Crippen molar-refractivity contribution in [1.82, 2.24) is 10.2 Å². The van der Waals surface area contributed by atoms with E-state index in [-0.39, 0.29) is 24.2 Å². The molecule has 0 saturated carbocycles. The molecule has 2 heterocycles. The zero-order valence-electron chi connectivity index (χ0n) is 9.94. The average molecular weight is 228 g/mol. The third kappa shape index (κ3) is 2.53. The summed E-state index contributed by atoms with van der Waals surface area (Å²) in [5.41, 5.74) is 0. The van der Waals surface area contributed by atoms with Gasteiger partial charge < -0.3 is 19.7 Å². The van der Waals surface area contributed by atoms with Gasteiger partial charge in [-0.15, -0.1) is 0 Å². The summed E-state index contributed by atoms with van der Waals surface area (Å²) in [7, 11) is 1.69. The third-order valence-electron chi connectivity index (χ3n) is 3.27. The Bertz CT molecular complexity index is 260. The molecule has 2 aliphatic rings. The molecule has 3 atom stereocenters. The van der Waals surface area contributed by atoms with Crippen LogP contribution in [0.2, 0.25) is 0 Å². The Morgan fingerprint density at radius 3 is 3.00 bits per heavy atom. The molecule has 0 aromatic carbocycles. The van der Waals surface area contributed by atoms with Gasteiger partial charge in [0.05, 0.1) is 24.9 Å². The van der Waals surface area contributed by atoms with Gasteiger partial charge in [-0.05, 0) is 13.3 Å². The monoisotopic (exact) mass is 228 g/mol. The minimum atomic E-state index is -0.0738. The number of methoxy groups -OCH3 is 1. The standard InChI is InChI=1S/C11H20N2O3/c1-8-7-13(3-4-16-8)11(14)10-5-9(15-2)6-12-10/h8-10,12H,3-7H2,1-2H3. The molecule has 0 bridgehead atoms. The van der Waals surface area contributed by atoms with Crippen molar-refractivity contribution < 1.29 is 14.3 Å². The van der Waals surface area contributed by atoms with Gasteiger partial charge in [0, 0.05) is 26.7 Å². The van der Waals surface area contributed by atoms with E-state index in [9.17, 15) is 4.79 Å². The summed E-state index contributed by atoms with van der Waals surface area (Å²) in [5.74, 6) is 0.190. The van der Waals surface area contributed by atoms with Crippen molar-refractivity contribution in [3.05, 3.63) is 0 Å². The number of carbonyl (C=O) groups is 1. The number of hydrogen-bond acceptors (Lipinski definition) is 4. The fraction of sp³-hybridized carbons (Fsp3) is 0.909. The largest absolute Gasteiger partial charge is 0.380 e. The van der Waals surface area contributed by atoms with E-state index in [4.69, 9.17) is 9.47 Å². The van der Waals surface area contributed by atoms with Crippen LogP contribution in [0, 0.1) is 0 Å². The van der Waals surface area contributed by atoms with E-state index in [2.05, 4.69) is 5.32 Å². The summed E-state index contributed by atoms with van der Waals surface area (Å²) in [4.78, 5) is 14.1. The van der Waals surface area contributed by atoms with E-state index in [1.54, 1.807) is 7.11 Å². The molecular weight excluding hydrogens is 208 g/mol. The van der Waals surface area contributed by atoms with Crippen LogP contribution in [-0.4, -0.2) is 62.4 Å². The minimum Gasteiger partial charge on any atom is -0.380 e. The van der Waals surface area contributed by atoms with Crippen LogP contribution in [-0.2, 0) is 14.3 Å². The summed E-state index contributed by atoms with van der Waals surface area (Å²) < 4.78 is 10.7. The predicted molar refractivity (Wildman–Crippen MR) is 59.2 cm³/mol. The fourth-order valence-electron chi connectivity index (χ4n) is 2.31. The van der Waals surface area contributed by atoms with Crippen LogP contribution in [0.3, 0.4) is 0 Å². The molecule has 5 heteroatoms. The lowest BCUT2D eigenvalue weighted by atomic mass is 10.1. The molecular formula is C11H20N2O3. The molecule has 3 unspecified atom stereocenters. The number of rotatable bonds is 2. The molecule has 0 aliphatic carbocycles. The van der Waals surface area contributed by atoms with E-state index in [1.165, 1.54) is 0 Å². The molecule has 1 N–H and O–H groups in total. The average Bonchev–Trinajstić information content (AvgIpc) is 2.76. The lowest BCUT2D eigenvalue weighted by molar-refractivity contribution is -0.140. The van der Waals surface area contributed by atoms with Crippen LogP contribution in [0.1, 0.15) is 13.3 Å². The third-order valence-corrected chi connectivity index (χ3v) is 3.27. The molecule has 16 heavy (non-hydrogen) atoms. The molecule has 92 valence electrons. The molecule has 1 amide bonds. The number of carbonyl (C=O) groups excluding carboxylic acids is 1. The molecule has 2 saturated heterocycles. The van der Waals surface area contributed by atoms with Gasteiger partial charge in [0.25, 0.3) is 0 Å². The molecule has 5 nitrogen and oxygen atoms in total. The van der Waals surface area contributed by atoms with Gasteiger partial charge in [0.1, 0.15) is 0 Å². The van der Waals surface area contributed by atoms with Crippen molar-refractivity contribution in [1.29, 1.82) is 0 Å². The second kappa shape index (κ2) is 5.12. The SMILES string of the molecule is COC1CNC(C(=O)N2CCOC(C)C2)C1. The smallest absolute Gasteiger partial charge is 0.239 e. The molecule has 2 aliphatic heterocycles. The maximum atomic E-state index is 12.2. The lowest BCUT2D eigenvalue weighted by Crippen LogP contribution is -2.50. The first-order valence-corrected chi connectivity index (χ1v) is 5.87. The van der Waals surface area contributed by atoms with Crippen LogP contribution >= 0.6 is 0 Å². The zero-order chi connectivity index (χ0) is 11.5. The van der Waals surface area contributed by atoms with Crippen LogP contribution < -0.4 is 5.32 Å². The van der Waals surface area contributed by atoms with Crippen LogP contribution in [0.15, 0.2) is 0 Å². The van der Waals surface area contributed by atoms with Crippen LogP contribution in [0.5, 0.6) is 0 Å². The van der Waals surface area contributed by atoms with Gasteiger partial charge in [-0.3, -0.25) is 4.79 Å². The van der Waals surface area contributed by atoms with Crippen LogP contribution in [0.4, 0.5) is 0 Å². The van der Waals surface area contributed by atoms with Gasteiger partial charge in [-0.25, -0.2) is 0 Å². The van der Waals surface area contributed by atoms with E-state index >= 15 is 0 Å². The van der Waals surface area contributed by atoms with Crippen molar-refractivity contribution in [2.24, 2.45) is 0 Å². The van der Waals surface area contributed by atoms with Crippen molar-refractivity contribution >= 4 is 5.91 Å². The summed E-state index contributed by atoms with van der Waals surface area (Å²) in [6.45, 7) is 4.83. The molecule has 0 aromatic rings. The number of nitrogens with one attached hydrogen (secondary N) is 1. The van der Waals surface area contributed by atoms with Crippen molar-refractivity contribution in [2.45, 2.75) is 31.6 Å². The zero-order valence-corrected chi connectivity index (χ0v) is 9.94. The van der Waals surface area contributed by atoms with Gasteiger partial charge in [0.15, 0.2) is 0 Å². The molecule has 2 fully saturated rings. The highest BCUT2D eigenvalue weighted by Crippen LogP contribution is 2.14. The highest BCUT2D eigenvalue weighted by atomic mass is 16.5. The molecule has 0 spiro atoms. The molecule has 0 aromatic heterocycles. The number of hydrogen-bond donors (Lipinski definition) is 1. The normalized spacial score (nSPS) is 35.4. The lowest BCUT2D eigenvalue weighted by Gasteiger charge is -2.32. The van der Waals surface area contributed by atoms with E-state index in [0.29, 0.717) is 19.7 Å². The fourth-order valence-corrected chi connectivity index (χ4v) is 2.31. The van der Waals surface area contributed by atoms with Crippen LogP contribution in [0.25, 0.3) is 0 Å². The first-order valence-electron chi connectivity index (χ1n) is 5.87. The number of morpholine rings is 1. The Kier molecular flexibility index (Phi) is 3.78. The number of nitrogens with zero attached hydrogens (tertiary/aromatic N) is 1. The highest BCUT2D eigenvalue weighted by Gasteiger charge is 2.33. The summed E-state index contributed by atoms with van der Waals surface area (Å²) in [6.07, 6.45) is 1.10. The second-order valence-corrected chi connectivity index (χ2v) is 4.52. The highest BCUT2D eigenvalue weighted by molar-refractivity contribution is 5.82. The van der Waals surface area contributed by atoms with Gasteiger partial charge in [-0.2, -0.15) is 0 Å². The van der Waals surface area contributed by atoms with Crippen molar-refractivity contribution in [2.75, 3.05) is 33.4 Å². The maximum absolute atomic E-state index is 12.2. The topological polar surface area (TPSA) is 50.8 Å². The van der Waals surface area contributed by atoms with E-state index < -0.39 is 0 Å².